The van der Waals surface area contributed by atoms with E-state index in [4.69, 9.17) is 9.94 Å². The van der Waals surface area contributed by atoms with E-state index in [0.717, 1.165) is 0 Å². The van der Waals surface area contributed by atoms with Crippen LogP contribution in [0.2, 0.25) is 0 Å². The van der Waals surface area contributed by atoms with Gasteiger partial charge in [-0.2, -0.15) is 0 Å². The fourth-order valence-electron chi connectivity index (χ4n) is 1.19. The van der Waals surface area contributed by atoms with Gasteiger partial charge >= 0.3 is 5.97 Å². The van der Waals surface area contributed by atoms with Crippen LogP contribution in [0.1, 0.15) is 13.3 Å². The van der Waals surface area contributed by atoms with Gasteiger partial charge < -0.3 is 15.3 Å². The molecule has 0 aliphatic carbocycles. The molecule has 7 nitrogen and oxygen atoms in total. The predicted molar refractivity (Wildman–Crippen MR) is 61.1 cm³/mol. The van der Waals surface area contributed by atoms with Gasteiger partial charge in [0, 0.05) is 35.3 Å². The summed E-state index contributed by atoms with van der Waals surface area (Å²) in [6, 6.07) is 0. The Balaban J connectivity index is 2.27. The number of carboxylic acids is 1. The fraction of sp³-hybridized carbons (Fsp3) is 0.667. The van der Waals surface area contributed by atoms with E-state index in [1.54, 1.807) is 6.92 Å². The third kappa shape index (κ3) is 4.14. The summed E-state index contributed by atoms with van der Waals surface area (Å²) in [5, 5.41) is 14.4. The highest BCUT2D eigenvalue weighted by molar-refractivity contribution is 7.84. The quantitative estimate of drug-likeness (QED) is 0.645. The zero-order chi connectivity index (χ0) is 12.8. The van der Waals surface area contributed by atoms with E-state index in [2.05, 4.69) is 10.5 Å². The van der Waals surface area contributed by atoms with Gasteiger partial charge in [-0.1, -0.05) is 12.1 Å². The van der Waals surface area contributed by atoms with Gasteiger partial charge in [-0.15, -0.1) is 0 Å². The van der Waals surface area contributed by atoms with Gasteiger partial charge in [0.1, 0.15) is 0 Å². The summed E-state index contributed by atoms with van der Waals surface area (Å²) in [6.45, 7) is 2.08. The summed E-state index contributed by atoms with van der Waals surface area (Å²) in [5.41, 5.74) is -0.165. The van der Waals surface area contributed by atoms with Gasteiger partial charge in [-0.3, -0.25) is 9.00 Å². The largest absolute Gasteiger partial charge is 0.477 e. The molecule has 8 heteroatoms. The highest BCUT2D eigenvalue weighted by Gasteiger charge is 2.31. The molecule has 17 heavy (non-hydrogen) atoms. The number of nitrogens with one attached hydrogen (secondary N) is 1. The minimum Gasteiger partial charge on any atom is -0.477 e. The molecule has 1 aliphatic heterocycles. The summed E-state index contributed by atoms with van der Waals surface area (Å²) in [4.78, 5) is 26.7. The molecule has 1 heterocycles. The van der Waals surface area contributed by atoms with Crippen LogP contribution in [0.3, 0.4) is 0 Å². The minimum absolute atomic E-state index is 0.0436. The van der Waals surface area contributed by atoms with E-state index >= 15 is 0 Å². The van der Waals surface area contributed by atoms with Crippen molar-refractivity contribution in [2.75, 3.05) is 18.1 Å². The molecule has 0 radical (unpaired) electrons. The molecule has 0 spiro atoms. The van der Waals surface area contributed by atoms with Crippen LogP contribution < -0.4 is 5.32 Å². The summed E-state index contributed by atoms with van der Waals surface area (Å²) >= 11 is 0. The Morgan fingerprint density at radius 1 is 1.65 bits per heavy atom. The molecule has 0 bridgehead atoms. The molecule has 0 aromatic carbocycles. The number of carbonyl (C=O) groups is 2. The van der Waals surface area contributed by atoms with Crippen LogP contribution in [0.15, 0.2) is 5.16 Å². The third-order valence-electron chi connectivity index (χ3n) is 2.16. The molecule has 96 valence electrons. The first-order valence-electron chi connectivity index (χ1n) is 5.13. The second-order valence-corrected chi connectivity index (χ2v) is 5.23. The van der Waals surface area contributed by atoms with Crippen molar-refractivity contribution in [3.05, 3.63) is 0 Å². The lowest BCUT2D eigenvalue weighted by molar-refractivity contribution is -0.131. The van der Waals surface area contributed by atoms with Crippen LogP contribution in [0.4, 0.5) is 0 Å². The standard InChI is InChI=1S/C9H14N2O5S/c1-2-17(15)4-3-10-8(12)7-5-6(9(13)14)11-16-7/h7H,2-5H2,1H3,(H,10,12)(H,13,14). The summed E-state index contributed by atoms with van der Waals surface area (Å²) in [7, 11) is -0.938. The number of carboxylic acid groups (broad SMARTS) is 1. The molecular weight excluding hydrogens is 248 g/mol. The van der Waals surface area contributed by atoms with Gasteiger partial charge in [-0.05, 0) is 0 Å². The average Bonchev–Trinajstić information content (AvgIpc) is 2.78. The van der Waals surface area contributed by atoms with Crippen molar-refractivity contribution in [3.63, 3.8) is 0 Å². The van der Waals surface area contributed by atoms with Crippen LogP contribution in [0.5, 0.6) is 0 Å². The van der Waals surface area contributed by atoms with Crippen molar-refractivity contribution in [1.82, 2.24) is 5.32 Å². The summed E-state index contributed by atoms with van der Waals surface area (Å²) in [5.74, 6) is -0.700. The molecule has 0 aromatic heterocycles. The van der Waals surface area contributed by atoms with Crippen LogP contribution in [-0.4, -0.2) is 51.1 Å². The SMILES string of the molecule is CCS(=O)CCNC(=O)C1CC(C(=O)O)=NO1. The second kappa shape index (κ2) is 6.33. The number of amides is 1. The lowest BCUT2D eigenvalue weighted by Crippen LogP contribution is -2.37. The Bertz CT molecular complexity index is 368. The maximum absolute atomic E-state index is 11.5. The van der Waals surface area contributed by atoms with Crippen molar-refractivity contribution in [1.29, 1.82) is 0 Å². The first kappa shape index (κ1) is 13.6. The molecular formula is C9H14N2O5S. The number of rotatable bonds is 6. The van der Waals surface area contributed by atoms with Crippen LogP contribution in [0.25, 0.3) is 0 Å². The third-order valence-corrected chi connectivity index (χ3v) is 3.46. The van der Waals surface area contributed by atoms with Crippen LogP contribution >= 0.6 is 0 Å². The smallest absolute Gasteiger partial charge is 0.353 e. The molecule has 0 saturated heterocycles. The first-order chi connectivity index (χ1) is 8.04. The van der Waals surface area contributed by atoms with Gasteiger partial charge in [0.15, 0.2) is 5.71 Å². The minimum atomic E-state index is -1.19. The zero-order valence-corrected chi connectivity index (χ0v) is 10.2. The molecule has 1 amide bonds. The van der Waals surface area contributed by atoms with E-state index in [-0.39, 0.29) is 18.7 Å². The number of aliphatic carboxylic acids is 1. The van der Waals surface area contributed by atoms with Gasteiger partial charge in [0.2, 0.25) is 6.10 Å². The van der Waals surface area contributed by atoms with E-state index in [0.29, 0.717) is 11.5 Å². The Morgan fingerprint density at radius 2 is 2.35 bits per heavy atom. The Hall–Kier alpha value is -1.44. The lowest BCUT2D eigenvalue weighted by Gasteiger charge is -2.08. The highest BCUT2D eigenvalue weighted by atomic mass is 32.2. The number of nitrogens with zero attached hydrogens (tertiary/aromatic N) is 1. The van der Waals surface area contributed by atoms with Gasteiger partial charge in [0.25, 0.3) is 5.91 Å². The maximum Gasteiger partial charge on any atom is 0.353 e. The molecule has 2 N–H and O–H groups in total. The second-order valence-electron chi connectivity index (χ2n) is 3.36. The monoisotopic (exact) mass is 262 g/mol. The molecule has 0 aromatic rings. The number of hydrogen-bond acceptors (Lipinski definition) is 5. The Morgan fingerprint density at radius 3 is 2.88 bits per heavy atom. The number of oxime groups is 1. The highest BCUT2D eigenvalue weighted by Crippen LogP contribution is 2.10. The summed E-state index contributed by atoms with van der Waals surface area (Å²) in [6.07, 6.45) is -0.936. The Labute approximate surface area is 101 Å². The molecule has 1 rings (SSSR count). The van der Waals surface area contributed by atoms with E-state index in [1.165, 1.54) is 0 Å². The van der Waals surface area contributed by atoms with Crippen molar-refractivity contribution in [3.8, 4) is 0 Å². The number of carbonyl (C=O) groups excluding carboxylic acids is 1. The topological polar surface area (TPSA) is 105 Å². The molecule has 0 saturated carbocycles. The molecule has 2 atom stereocenters. The summed E-state index contributed by atoms with van der Waals surface area (Å²) < 4.78 is 11.1. The lowest BCUT2D eigenvalue weighted by atomic mass is 10.2. The van der Waals surface area contributed by atoms with Gasteiger partial charge in [0.05, 0.1) is 0 Å². The van der Waals surface area contributed by atoms with Crippen LogP contribution in [0, 0.1) is 0 Å². The van der Waals surface area contributed by atoms with Crippen molar-refractivity contribution in [2.24, 2.45) is 5.16 Å². The normalized spacial score (nSPS) is 20.3. The van der Waals surface area contributed by atoms with E-state index in [9.17, 15) is 13.8 Å². The molecule has 1 aliphatic rings. The van der Waals surface area contributed by atoms with Gasteiger partial charge in [-0.25, -0.2) is 4.79 Å². The maximum atomic E-state index is 11.5. The average molecular weight is 262 g/mol. The Kier molecular flexibility index (Phi) is 5.08. The first-order valence-corrected chi connectivity index (χ1v) is 6.62. The van der Waals surface area contributed by atoms with Crippen molar-refractivity contribution < 1.29 is 23.7 Å². The van der Waals surface area contributed by atoms with Crippen molar-refractivity contribution >= 4 is 28.4 Å². The van der Waals surface area contributed by atoms with E-state index in [1.807, 2.05) is 0 Å². The predicted octanol–water partition coefficient (Wildman–Crippen LogP) is -0.899. The molecule has 2 unspecified atom stereocenters. The van der Waals surface area contributed by atoms with Crippen LogP contribution in [-0.2, 0) is 25.2 Å². The number of hydrogen-bond donors (Lipinski definition) is 2. The van der Waals surface area contributed by atoms with E-state index < -0.39 is 28.8 Å². The fourth-order valence-corrected chi connectivity index (χ4v) is 1.81. The molecule has 0 fully saturated rings. The van der Waals surface area contributed by atoms with Crippen molar-refractivity contribution in [2.45, 2.75) is 19.4 Å². The zero-order valence-electron chi connectivity index (χ0n) is 9.34.